The van der Waals surface area contributed by atoms with Gasteiger partial charge in [0.2, 0.25) is 5.95 Å². The number of carbonyl (C=O) groups excluding carboxylic acids is 1. The number of aryl methyl sites for hydroxylation is 2. The third-order valence-electron chi connectivity index (χ3n) is 3.44. The molecule has 0 radical (unpaired) electrons. The van der Waals surface area contributed by atoms with Crippen LogP contribution in [0.25, 0.3) is 0 Å². The van der Waals surface area contributed by atoms with Crippen molar-refractivity contribution in [3.63, 3.8) is 0 Å². The lowest BCUT2D eigenvalue weighted by Crippen LogP contribution is -2.33. The summed E-state index contributed by atoms with van der Waals surface area (Å²) in [4.78, 5) is 20.1. The van der Waals surface area contributed by atoms with Crippen LogP contribution in [0.15, 0.2) is 24.4 Å². The van der Waals surface area contributed by atoms with Crippen molar-refractivity contribution in [2.45, 2.75) is 19.9 Å². The number of carbonyl (C=O) groups is 1. The molecule has 0 saturated heterocycles. The second kappa shape index (κ2) is 8.41. The number of hydrogen-bond donors (Lipinski definition) is 4. The fourth-order valence-electron chi connectivity index (χ4n) is 2.42. The highest BCUT2D eigenvalue weighted by Crippen LogP contribution is 2.21. The Morgan fingerprint density at radius 2 is 1.96 bits per heavy atom. The van der Waals surface area contributed by atoms with Crippen LogP contribution in [0.2, 0.25) is 0 Å². The Kier molecular flexibility index (Phi) is 6.26. The number of primary amides is 1. The standard InChI is InChI=1S/C17H24N6O2/c1-10-4-11(2)6-13(5-10)22-16-14(15(19)24)8-21-17(23-16)20-7-12(18)9-25-3/h4-6,8,12H,7,9,18H2,1-3H3,(H2,19,24)(H2,20,21,22,23)/t12-/m1/s1. The van der Waals surface area contributed by atoms with Crippen LogP contribution in [-0.2, 0) is 4.74 Å². The summed E-state index contributed by atoms with van der Waals surface area (Å²) in [6, 6.07) is 5.79. The lowest BCUT2D eigenvalue weighted by atomic mass is 10.1. The maximum atomic E-state index is 11.7. The Balaban J connectivity index is 2.24. The lowest BCUT2D eigenvalue weighted by Gasteiger charge is -2.14. The molecule has 0 bridgehead atoms. The van der Waals surface area contributed by atoms with E-state index in [0.29, 0.717) is 24.9 Å². The van der Waals surface area contributed by atoms with Gasteiger partial charge in [-0.05, 0) is 37.1 Å². The molecule has 1 amide bonds. The van der Waals surface area contributed by atoms with E-state index in [9.17, 15) is 4.79 Å². The summed E-state index contributed by atoms with van der Waals surface area (Å²) in [5.74, 6) is 0.0910. The van der Waals surface area contributed by atoms with Crippen molar-refractivity contribution in [1.29, 1.82) is 0 Å². The number of nitrogens with one attached hydrogen (secondary N) is 2. The Labute approximate surface area is 147 Å². The van der Waals surface area contributed by atoms with Crippen molar-refractivity contribution in [3.05, 3.63) is 41.1 Å². The highest BCUT2D eigenvalue weighted by atomic mass is 16.5. The molecule has 1 heterocycles. The maximum absolute atomic E-state index is 11.7. The first-order valence-corrected chi connectivity index (χ1v) is 7.89. The van der Waals surface area contributed by atoms with E-state index < -0.39 is 5.91 Å². The Bertz CT molecular complexity index is 730. The average molecular weight is 344 g/mol. The third kappa shape index (κ3) is 5.40. The lowest BCUT2D eigenvalue weighted by molar-refractivity contribution is 0.100. The summed E-state index contributed by atoms with van der Waals surface area (Å²) in [6.45, 7) is 4.85. The molecule has 1 aromatic carbocycles. The molecule has 0 fully saturated rings. The van der Waals surface area contributed by atoms with Gasteiger partial charge >= 0.3 is 0 Å². The highest BCUT2D eigenvalue weighted by Gasteiger charge is 2.13. The van der Waals surface area contributed by atoms with Gasteiger partial charge in [-0.1, -0.05) is 6.07 Å². The normalized spacial score (nSPS) is 11.8. The summed E-state index contributed by atoms with van der Waals surface area (Å²) in [6.07, 6.45) is 1.39. The van der Waals surface area contributed by atoms with Crippen molar-refractivity contribution < 1.29 is 9.53 Å². The molecule has 8 nitrogen and oxygen atoms in total. The minimum Gasteiger partial charge on any atom is -0.383 e. The Morgan fingerprint density at radius 1 is 1.28 bits per heavy atom. The predicted molar refractivity (Wildman–Crippen MR) is 98.1 cm³/mol. The van der Waals surface area contributed by atoms with Crippen molar-refractivity contribution in [2.24, 2.45) is 11.5 Å². The van der Waals surface area contributed by atoms with E-state index in [1.807, 2.05) is 26.0 Å². The number of rotatable bonds is 8. The van der Waals surface area contributed by atoms with E-state index in [2.05, 4.69) is 26.7 Å². The topological polar surface area (TPSA) is 128 Å². The number of hydrogen-bond acceptors (Lipinski definition) is 7. The molecule has 25 heavy (non-hydrogen) atoms. The van der Waals surface area contributed by atoms with Gasteiger partial charge in [-0.2, -0.15) is 4.98 Å². The second-order valence-corrected chi connectivity index (χ2v) is 5.92. The van der Waals surface area contributed by atoms with Gasteiger partial charge in [0, 0.05) is 31.6 Å². The molecule has 1 atom stereocenters. The van der Waals surface area contributed by atoms with Crippen LogP contribution in [0.4, 0.5) is 17.5 Å². The molecule has 0 aliphatic rings. The highest BCUT2D eigenvalue weighted by molar-refractivity contribution is 5.98. The first kappa shape index (κ1) is 18.6. The largest absolute Gasteiger partial charge is 0.383 e. The van der Waals surface area contributed by atoms with Crippen LogP contribution < -0.4 is 22.1 Å². The van der Waals surface area contributed by atoms with E-state index in [1.165, 1.54) is 6.20 Å². The molecule has 8 heteroatoms. The number of nitrogens with two attached hydrogens (primary N) is 2. The van der Waals surface area contributed by atoms with Gasteiger partial charge < -0.3 is 26.8 Å². The first-order valence-electron chi connectivity index (χ1n) is 7.89. The summed E-state index contributed by atoms with van der Waals surface area (Å²) in [7, 11) is 1.59. The van der Waals surface area contributed by atoms with Crippen molar-refractivity contribution in [3.8, 4) is 0 Å². The van der Waals surface area contributed by atoms with Gasteiger partial charge in [-0.3, -0.25) is 4.79 Å². The van der Waals surface area contributed by atoms with E-state index >= 15 is 0 Å². The predicted octanol–water partition coefficient (Wildman–Crippen LogP) is 1.32. The van der Waals surface area contributed by atoms with Gasteiger partial charge in [-0.25, -0.2) is 4.98 Å². The minimum absolute atomic E-state index is 0.194. The average Bonchev–Trinajstić information content (AvgIpc) is 2.52. The number of anilines is 3. The number of amides is 1. The van der Waals surface area contributed by atoms with Crippen LogP contribution in [-0.4, -0.2) is 42.2 Å². The van der Waals surface area contributed by atoms with Crippen LogP contribution in [0.1, 0.15) is 21.5 Å². The van der Waals surface area contributed by atoms with E-state index in [4.69, 9.17) is 16.2 Å². The fraction of sp³-hybridized carbons (Fsp3) is 0.353. The summed E-state index contributed by atoms with van der Waals surface area (Å²) >= 11 is 0. The number of ether oxygens (including phenoxy) is 1. The maximum Gasteiger partial charge on any atom is 0.254 e. The van der Waals surface area contributed by atoms with Gasteiger partial charge in [0.05, 0.1) is 6.61 Å². The van der Waals surface area contributed by atoms with E-state index in [1.54, 1.807) is 7.11 Å². The molecule has 0 spiro atoms. The third-order valence-corrected chi connectivity index (χ3v) is 3.44. The van der Waals surface area contributed by atoms with Crippen LogP contribution in [0.5, 0.6) is 0 Å². The van der Waals surface area contributed by atoms with E-state index in [0.717, 1.165) is 16.8 Å². The zero-order valence-corrected chi connectivity index (χ0v) is 14.7. The minimum atomic E-state index is -0.602. The zero-order chi connectivity index (χ0) is 18.4. The molecule has 0 unspecified atom stereocenters. The van der Waals surface area contributed by atoms with Gasteiger partial charge in [0.15, 0.2) is 0 Å². The van der Waals surface area contributed by atoms with Crippen molar-refractivity contribution >= 4 is 23.4 Å². The SMILES string of the molecule is COC[C@H](N)CNc1ncc(C(N)=O)c(Nc2cc(C)cc(C)c2)n1. The van der Waals surface area contributed by atoms with Gasteiger partial charge in [0.1, 0.15) is 11.4 Å². The molecule has 6 N–H and O–H groups in total. The Morgan fingerprint density at radius 3 is 2.56 bits per heavy atom. The molecule has 2 rings (SSSR count). The second-order valence-electron chi connectivity index (χ2n) is 5.92. The molecule has 134 valence electrons. The molecular formula is C17H24N6O2. The summed E-state index contributed by atoms with van der Waals surface area (Å²) < 4.78 is 4.99. The molecular weight excluding hydrogens is 320 g/mol. The smallest absolute Gasteiger partial charge is 0.254 e. The molecule has 0 saturated carbocycles. The summed E-state index contributed by atoms with van der Waals surface area (Å²) in [5.41, 5.74) is 14.5. The Hall–Kier alpha value is -2.71. The number of aromatic nitrogens is 2. The van der Waals surface area contributed by atoms with Crippen LogP contribution in [0, 0.1) is 13.8 Å². The van der Waals surface area contributed by atoms with E-state index in [-0.39, 0.29) is 11.6 Å². The van der Waals surface area contributed by atoms with Crippen molar-refractivity contribution in [2.75, 3.05) is 30.9 Å². The molecule has 2 aromatic rings. The summed E-state index contributed by atoms with van der Waals surface area (Å²) in [5, 5.41) is 6.17. The van der Waals surface area contributed by atoms with Crippen LogP contribution >= 0.6 is 0 Å². The monoisotopic (exact) mass is 344 g/mol. The van der Waals surface area contributed by atoms with Crippen LogP contribution in [0.3, 0.4) is 0 Å². The first-order chi connectivity index (χ1) is 11.9. The molecule has 0 aliphatic heterocycles. The quantitative estimate of drug-likeness (QED) is 0.568. The van der Waals surface area contributed by atoms with Gasteiger partial charge in [0.25, 0.3) is 5.91 Å². The fourth-order valence-corrected chi connectivity index (χ4v) is 2.42. The van der Waals surface area contributed by atoms with Crippen molar-refractivity contribution in [1.82, 2.24) is 9.97 Å². The number of benzene rings is 1. The van der Waals surface area contributed by atoms with Gasteiger partial charge in [-0.15, -0.1) is 0 Å². The molecule has 0 aliphatic carbocycles. The zero-order valence-electron chi connectivity index (χ0n) is 14.7. The number of nitrogens with zero attached hydrogens (tertiary/aromatic N) is 2. The number of methoxy groups -OCH3 is 1. The molecule has 1 aromatic heterocycles.